The number of nitrogens with one attached hydrogen (secondary N) is 1. The summed E-state index contributed by atoms with van der Waals surface area (Å²) in [5.41, 5.74) is 6.17. The molecule has 4 N–H and O–H groups in total. The van der Waals surface area contributed by atoms with Gasteiger partial charge < -0.3 is 20.9 Å². The lowest BCUT2D eigenvalue weighted by atomic mass is 10.2. The SMILES string of the molecule is CCC(=O)Oc1c(N)cccc1NC(=O)c1c(Cl)cc(O)cc1Cl.Cl. The van der Waals surface area contributed by atoms with E-state index in [1.807, 2.05) is 0 Å². The molecule has 0 aliphatic heterocycles. The van der Waals surface area contributed by atoms with Crippen LogP contribution in [0.2, 0.25) is 10.0 Å². The summed E-state index contributed by atoms with van der Waals surface area (Å²) in [6.45, 7) is 1.63. The molecule has 0 atom stereocenters. The summed E-state index contributed by atoms with van der Waals surface area (Å²) in [5, 5.41) is 11.9. The average Bonchev–Trinajstić information content (AvgIpc) is 2.49. The van der Waals surface area contributed by atoms with Crippen molar-refractivity contribution in [2.45, 2.75) is 13.3 Å². The number of amides is 1. The Bertz CT molecular complexity index is 789. The highest BCUT2D eigenvalue weighted by Gasteiger charge is 2.19. The molecule has 0 bridgehead atoms. The molecule has 0 aromatic heterocycles. The Kier molecular flexibility index (Phi) is 7.36. The van der Waals surface area contributed by atoms with Crippen LogP contribution in [0.3, 0.4) is 0 Å². The topological polar surface area (TPSA) is 102 Å². The van der Waals surface area contributed by atoms with Crippen molar-refractivity contribution < 1.29 is 19.4 Å². The van der Waals surface area contributed by atoms with E-state index in [2.05, 4.69) is 5.32 Å². The number of halogens is 3. The molecule has 0 radical (unpaired) electrons. The van der Waals surface area contributed by atoms with Crippen LogP contribution in [0.4, 0.5) is 11.4 Å². The lowest BCUT2D eigenvalue weighted by Gasteiger charge is -2.14. The number of phenolic OH excluding ortho intramolecular Hbond substituents is 1. The molecule has 0 fully saturated rings. The third-order valence-electron chi connectivity index (χ3n) is 3.05. The Labute approximate surface area is 160 Å². The van der Waals surface area contributed by atoms with Gasteiger partial charge in [0.05, 0.1) is 27.0 Å². The van der Waals surface area contributed by atoms with Crippen LogP contribution in [0.1, 0.15) is 23.7 Å². The second-order valence-corrected chi connectivity index (χ2v) is 5.60. The summed E-state index contributed by atoms with van der Waals surface area (Å²) in [6.07, 6.45) is 0.150. The maximum Gasteiger partial charge on any atom is 0.311 e. The number of nitrogen functional groups attached to an aromatic ring is 1. The van der Waals surface area contributed by atoms with Gasteiger partial charge in [-0.25, -0.2) is 0 Å². The number of carbonyl (C=O) groups is 2. The first kappa shape index (κ1) is 20.9. The molecular formula is C16H15Cl3N2O4. The van der Waals surface area contributed by atoms with E-state index in [4.69, 9.17) is 33.7 Å². The molecule has 0 saturated heterocycles. The van der Waals surface area contributed by atoms with E-state index < -0.39 is 11.9 Å². The van der Waals surface area contributed by atoms with Crippen molar-refractivity contribution in [3.05, 3.63) is 45.9 Å². The Morgan fingerprint density at radius 1 is 1.24 bits per heavy atom. The molecule has 2 aromatic rings. The number of hydrogen-bond donors (Lipinski definition) is 3. The fourth-order valence-electron chi connectivity index (χ4n) is 1.91. The van der Waals surface area contributed by atoms with Crippen LogP contribution in [0.25, 0.3) is 0 Å². The molecule has 1 amide bonds. The molecule has 0 unspecified atom stereocenters. The van der Waals surface area contributed by atoms with E-state index in [1.165, 1.54) is 24.3 Å². The summed E-state index contributed by atoms with van der Waals surface area (Å²) in [6, 6.07) is 7.04. The third-order valence-corrected chi connectivity index (χ3v) is 3.65. The number of hydrogen-bond acceptors (Lipinski definition) is 5. The molecule has 9 heteroatoms. The van der Waals surface area contributed by atoms with Crippen molar-refractivity contribution in [2.75, 3.05) is 11.1 Å². The zero-order valence-electron chi connectivity index (χ0n) is 13.0. The molecule has 0 aliphatic rings. The number of esters is 1. The number of para-hydroxylation sites is 1. The summed E-state index contributed by atoms with van der Waals surface area (Å²) in [7, 11) is 0. The monoisotopic (exact) mass is 404 g/mol. The number of anilines is 2. The van der Waals surface area contributed by atoms with Crippen LogP contribution < -0.4 is 15.8 Å². The maximum atomic E-state index is 12.4. The third kappa shape index (κ3) is 4.92. The molecule has 134 valence electrons. The normalized spacial score (nSPS) is 9.88. The van der Waals surface area contributed by atoms with E-state index in [9.17, 15) is 14.7 Å². The van der Waals surface area contributed by atoms with E-state index in [-0.39, 0.29) is 57.3 Å². The van der Waals surface area contributed by atoms with Gasteiger partial charge in [0.25, 0.3) is 5.91 Å². The second-order valence-electron chi connectivity index (χ2n) is 4.79. The van der Waals surface area contributed by atoms with Crippen LogP contribution >= 0.6 is 35.6 Å². The number of phenols is 1. The minimum Gasteiger partial charge on any atom is -0.508 e. The predicted octanol–water partition coefficient (Wildman–Crippen LogP) is 4.27. The molecule has 2 aromatic carbocycles. The molecule has 0 heterocycles. The average molecular weight is 406 g/mol. The smallest absolute Gasteiger partial charge is 0.311 e. The van der Waals surface area contributed by atoms with E-state index in [1.54, 1.807) is 13.0 Å². The summed E-state index contributed by atoms with van der Waals surface area (Å²) >= 11 is 11.9. The van der Waals surface area contributed by atoms with Gasteiger partial charge >= 0.3 is 5.97 Å². The first-order chi connectivity index (χ1) is 11.3. The van der Waals surface area contributed by atoms with Crippen molar-refractivity contribution in [1.82, 2.24) is 0 Å². The van der Waals surface area contributed by atoms with Gasteiger partial charge in [-0.2, -0.15) is 0 Å². The fourth-order valence-corrected chi connectivity index (χ4v) is 2.56. The van der Waals surface area contributed by atoms with Crippen LogP contribution in [0.15, 0.2) is 30.3 Å². The van der Waals surface area contributed by atoms with Gasteiger partial charge in [0.15, 0.2) is 5.75 Å². The molecule has 0 saturated carbocycles. The number of ether oxygens (including phenoxy) is 1. The Hall–Kier alpha value is -2.15. The maximum absolute atomic E-state index is 12.4. The highest BCUT2D eigenvalue weighted by atomic mass is 35.5. The van der Waals surface area contributed by atoms with E-state index in [0.717, 1.165) is 0 Å². The van der Waals surface area contributed by atoms with Gasteiger partial charge in [-0.3, -0.25) is 9.59 Å². The van der Waals surface area contributed by atoms with Crippen molar-refractivity contribution >= 4 is 58.9 Å². The fraction of sp³-hybridized carbons (Fsp3) is 0.125. The first-order valence-electron chi connectivity index (χ1n) is 6.92. The number of aromatic hydroxyl groups is 1. The molecule has 0 aliphatic carbocycles. The molecule has 25 heavy (non-hydrogen) atoms. The van der Waals surface area contributed by atoms with Crippen LogP contribution in [0.5, 0.6) is 11.5 Å². The minimum atomic E-state index is -0.635. The lowest BCUT2D eigenvalue weighted by Crippen LogP contribution is -2.16. The zero-order valence-corrected chi connectivity index (χ0v) is 15.3. The van der Waals surface area contributed by atoms with Gasteiger partial charge in [-0.1, -0.05) is 36.2 Å². The number of benzene rings is 2. The zero-order chi connectivity index (χ0) is 17.9. The minimum absolute atomic E-state index is 0. The van der Waals surface area contributed by atoms with E-state index >= 15 is 0 Å². The molecular weight excluding hydrogens is 391 g/mol. The number of rotatable bonds is 4. The van der Waals surface area contributed by atoms with Crippen molar-refractivity contribution in [3.8, 4) is 11.5 Å². The second kappa shape index (κ2) is 8.80. The largest absolute Gasteiger partial charge is 0.508 e. The molecule has 0 spiro atoms. The summed E-state index contributed by atoms with van der Waals surface area (Å²) < 4.78 is 5.16. The first-order valence-corrected chi connectivity index (χ1v) is 7.67. The highest BCUT2D eigenvalue weighted by Crippen LogP contribution is 2.34. The predicted molar refractivity (Wildman–Crippen MR) is 100 cm³/mol. The Morgan fingerprint density at radius 3 is 2.40 bits per heavy atom. The van der Waals surface area contributed by atoms with Crippen molar-refractivity contribution in [2.24, 2.45) is 0 Å². The van der Waals surface area contributed by atoms with E-state index in [0.29, 0.717) is 0 Å². The Balaban J connectivity index is 0.00000312. The highest BCUT2D eigenvalue weighted by molar-refractivity contribution is 6.40. The lowest BCUT2D eigenvalue weighted by molar-refractivity contribution is -0.133. The summed E-state index contributed by atoms with van der Waals surface area (Å²) in [4.78, 5) is 24.0. The standard InChI is InChI=1S/C16H14Cl2N2O4.ClH/c1-2-13(22)24-15-11(19)4-3-5-12(15)20-16(23)14-9(17)6-8(21)7-10(14)18;/h3-7,21H,2,19H2,1H3,(H,20,23);1H. The van der Waals surface area contributed by atoms with Gasteiger partial charge in [-0.15, -0.1) is 12.4 Å². The van der Waals surface area contributed by atoms with Crippen LogP contribution in [-0.2, 0) is 4.79 Å². The van der Waals surface area contributed by atoms with Gasteiger partial charge in [-0.05, 0) is 24.3 Å². The molecule has 6 nitrogen and oxygen atoms in total. The summed E-state index contributed by atoms with van der Waals surface area (Å²) in [5.74, 6) is -1.25. The Morgan fingerprint density at radius 2 is 1.84 bits per heavy atom. The van der Waals surface area contributed by atoms with Crippen LogP contribution in [-0.4, -0.2) is 17.0 Å². The number of carbonyl (C=O) groups excluding carboxylic acids is 2. The number of nitrogens with two attached hydrogens (primary N) is 1. The van der Waals surface area contributed by atoms with Crippen molar-refractivity contribution in [1.29, 1.82) is 0 Å². The van der Waals surface area contributed by atoms with Crippen LogP contribution in [0, 0.1) is 0 Å². The van der Waals surface area contributed by atoms with Crippen molar-refractivity contribution in [3.63, 3.8) is 0 Å². The molecule has 2 rings (SSSR count). The van der Waals surface area contributed by atoms with Gasteiger partial charge in [0, 0.05) is 6.42 Å². The van der Waals surface area contributed by atoms with Gasteiger partial charge in [0.2, 0.25) is 0 Å². The van der Waals surface area contributed by atoms with Gasteiger partial charge in [0.1, 0.15) is 5.75 Å². The quantitative estimate of drug-likeness (QED) is 0.400.